The summed E-state index contributed by atoms with van der Waals surface area (Å²) in [7, 11) is -2.60. The van der Waals surface area contributed by atoms with Crippen LogP contribution >= 0.6 is 0 Å². The predicted molar refractivity (Wildman–Crippen MR) is 182 cm³/mol. The van der Waals surface area contributed by atoms with Crippen LogP contribution < -0.4 is 0 Å². The molecule has 0 radical (unpaired) electrons. The van der Waals surface area contributed by atoms with Gasteiger partial charge in [-0.25, -0.2) is 0 Å². The van der Waals surface area contributed by atoms with Gasteiger partial charge >= 0.3 is 0 Å². The van der Waals surface area contributed by atoms with Crippen LogP contribution in [-0.2, 0) is 15.3 Å². The van der Waals surface area contributed by atoms with E-state index in [2.05, 4.69) is 122 Å². The van der Waals surface area contributed by atoms with E-state index in [1.165, 1.54) is 16.7 Å². The second kappa shape index (κ2) is 15.2. The molecule has 0 spiro atoms. The molecule has 2 rings (SSSR count). The zero-order chi connectivity index (χ0) is 31.0. The van der Waals surface area contributed by atoms with Gasteiger partial charge in [0.2, 0.25) is 0 Å². The Kier molecular flexibility index (Phi) is 13.1. The van der Waals surface area contributed by atoms with E-state index in [1.807, 2.05) is 13.8 Å². The summed E-state index contributed by atoms with van der Waals surface area (Å²) in [6, 6.07) is 15.3. The first kappa shape index (κ1) is 35.5. The highest BCUT2D eigenvalue weighted by molar-refractivity contribution is 6.48. The molecule has 0 aliphatic heterocycles. The molecule has 0 heterocycles. The van der Waals surface area contributed by atoms with Crippen LogP contribution in [0.2, 0.25) is 26.2 Å². The van der Waals surface area contributed by atoms with E-state index in [0.717, 1.165) is 43.2 Å². The molecule has 1 N–H and O–H groups in total. The van der Waals surface area contributed by atoms with Crippen LogP contribution in [0.15, 0.2) is 42.5 Å². The monoisotopic (exact) mass is 594 g/mol. The van der Waals surface area contributed by atoms with Gasteiger partial charge in [-0.1, -0.05) is 84.4 Å². The van der Waals surface area contributed by atoms with Gasteiger partial charge < -0.3 is 14.0 Å². The fourth-order valence-electron chi connectivity index (χ4n) is 5.16. The lowest BCUT2D eigenvalue weighted by atomic mass is 9.77. The van der Waals surface area contributed by atoms with Crippen LogP contribution in [0.1, 0.15) is 121 Å². The van der Waals surface area contributed by atoms with Gasteiger partial charge in [-0.05, 0) is 111 Å². The Balaban J connectivity index is 2.42. The number of hydrogen-bond donors (Lipinski definition) is 1. The van der Waals surface area contributed by atoms with Gasteiger partial charge in [0.25, 0.3) is 0 Å². The van der Waals surface area contributed by atoms with Crippen LogP contribution in [0.3, 0.4) is 0 Å². The molecule has 41 heavy (non-hydrogen) atoms. The van der Waals surface area contributed by atoms with Crippen LogP contribution in [0.25, 0.3) is 0 Å². The van der Waals surface area contributed by atoms with Crippen LogP contribution in [0, 0.1) is 22.7 Å². The number of rotatable bonds is 12. The molecule has 0 aromatic heterocycles. The van der Waals surface area contributed by atoms with Crippen molar-refractivity contribution in [1.82, 2.24) is 0 Å². The average Bonchev–Trinajstić information content (AvgIpc) is 2.82. The maximum atomic E-state index is 9.94. The van der Waals surface area contributed by atoms with Gasteiger partial charge in [-0.2, -0.15) is 0 Å². The van der Waals surface area contributed by atoms with Crippen molar-refractivity contribution in [2.24, 2.45) is 10.8 Å². The smallest absolute Gasteiger partial charge is 0.171 e. The van der Waals surface area contributed by atoms with E-state index in [0.29, 0.717) is 0 Å². The first-order valence-corrected chi connectivity index (χ1v) is 21.2. The SMILES string of the molecule is C[SiH](C)OC(c1ccc(C#Cc2cccc(CCCCCC(C)(C)O)c2)cc1C(O[SiH](C)C)C(C)(C)C)C(C)(C)C. The third kappa shape index (κ3) is 12.6. The van der Waals surface area contributed by atoms with Crippen molar-refractivity contribution >= 4 is 18.1 Å². The summed E-state index contributed by atoms with van der Waals surface area (Å²) < 4.78 is 13.5. The summed E-state index contributed by atoms with van der Waals surface area (Å²) in [5.74, 6) is 6.91. The van der Waals surface area contributed by atoms with E-state index in [1.54, 1.807) is 0 Å². The first-order valence-electron chi connectivity index (χ1n) is 15.6. The summed E-state index contributed by atoms with van der Waals surface area (Å²) in [4.78, 5) is 0. The maximum absolute atomic E-state index is 9.94. The number of aryl methyl sites for hydroxylation is 1. The van der Waals surface area contributed by atoms with Gasteiger partial charge in [-0.15, -0.1) is 0 Å². The van der Waals surface area contributed by atoms with Crippen molar-refractivity contribution in [3.05, 3.63) is 70.3 Å². The zero-order valence-electron chi connectivity index (χ0n) is 28.2. The normalized spacial score (nSPS) is 14.2. The summed E-state index contributed by atoms with van der Waals surface area (Å²) in [6.07, 6.45) is 5.19. The Hall–Kier alpha value is -1.69. The molecule has 0 aliphatic carbocycles. The van der Waals surface area contributed by atoms with E-state index < -0.39 is 23.7 Å². The molecule has 5 heteroatoms. The predicted octanol–water partition coefficient (Wildman–Crippen LogP) is 9.13. The maximum Gasteiger partial charge on any atom is 0.171 e. The Morgan fingerprint density at radius 2 is 1.22 bits per heavy atom. The van der Waals surface area contributed by atoms with Crippen molar-refractivity contribution in [2.45, 2.75) is 131 Å². The number of unbranched alkanes of at least 4 members (excludes halogenated alkanes) is 2. The summed E-state index contributed by atoms with van der Waals surface area (Å²) in [6.45, 7) is 26.4. The van der Waals surface area contributed by atoms with Crippen molar-refractivity contribution in [3.63, 3.8) is 0 Å². The Morgan fingerprint density at radius 1 is 0.683 bits per heavy atom. The molecule has 2 aromatic carbocycles. The lowest BCUT2D eigenvalue weighted by Gasteiger charge is -2.39. The fraction of sp³-hybridized carbons (Fsp3) is 0.611. The molecule has 228 valence electrons. The standard InChI is InChI=1S/C36H58O3Si2/c1-34(2,3)32(38-40(9)10)30-23-22-29(26-31(30)33(35(4,5)6)39-41(11)12)21-20-28-19-16-18-27(25-28)17-14-13-15-24-36(7,8)37/h16,18-19,22-23,25-26,32-33,37,40-41H,13-15,17,24H2,1-12H3. The highest BCUT2D eigenvalue weighted by atomic mass is 28.3. The van der Waals surface area contributed by atoms with E-state index in [4.69, 9.17) is 8.85 Å². The number of aliphatic hydroxyl groups is 1. The van der Waals surface area contributed by atoms with E-state index in [-0.39, 0.29) is 23.0 Å². The van der Waals surface area contributed by atoms with Crippen molar-refractivity contribution < 1.29 is 14.0 Å². The lowest BCUT2D eigenvalue weighted by Crippen LogP contribution is -2.31. The van der Waals surface area contributed by atoms with Crippen molar-refractivity contribution in [1.29, 1.82) is 0 Å². The molecule has 0 bridgehead atoms. The molecule has 0 saturated heterocycles. The molecule has 0 amide bonds. The Labute approximate surface area is 255 Å². The highest BCUT2D eigenvalue weighted by Gasteiger charge is 2.35. The first-order chi connectivity index (χ1) is 18.9. The molecule has 0 fully saturated rings. The molecule has 3 nitrogen and oxygen atoms in total. The zero-order valence-corrected chi connectivity index (χ0v) is 30.5. The molecular weight excluding hydrogens is 537 g/mol. The quantitative estimate of drug-likeness (QED) is 0.151. The van der Waals surface area contributed by atoms with Crippen LogP contribution in [0.4, 0.5) is 0 Å². The highest BCUT2D eigenvalue weighted by Crippen LogP contribution is 2.45. The molecule has 0 aliphatic rings. The van der Waals surface area contributed by atoms with Crippen molar-refractivity contribution in [2.75, 3.05) is 0 Å². The molecule has 0 saturated carbocycles. The minimum atomic E-state index is -1.31. The Bertz CT molecular complexity index is 1150. The van der Waals surface area contributed by atoms with Gasteiger partial charge in [0.05, 0.1) is 17.8 Å². The Morgan fingerprint density at radius 3 is 1.73 bits per heavy atom. The van der Waals surface area contributed by atoms with E-state index in [9.17, 15) is 5.11 Å². The average molecular weight is 595 g/mol. The second-order valence-electron chi connectivity index (χ2n) is 15.0. The van der Waals surface area contributed by atoms with Gasteiger partial charge in [0.15, 0.2) is 18.1 Å². The number of benzene rings is 2. The third-order valence-electron chi connectivity index (χ3n) is 7.07. The summed E-state index contributed by atoms with van der Waals surface area (Å²) in [5, 5.41) is 9.94. The molecule has 2 unspecified atom stereocenters. The van der Waals surface area contributed by atoms with E-state index >= 15 is 0 Å². The molecule has 2 aromatic rings. The lowest BCUT2D eigenvalue weighted by molar-refractivity contribution is 0.0656. The fourth-order valence-corrected chi connectivity index (χ4v) is 7.36. The van der Waals surface area contributed by atoms with Gasteiger partial charge in [-0.3, -0.25) is 0 Å². The molecule has 2 atom stereocenters. The topological polar surface area (TPSA) is 38.7 Å². The van der Waals surface area contributed by atoms with Gasteiger partial charge in [0.1, 0.15) is 0 Å². The third-order valence-corrected chi connectivity index (χ3v) is 8.71. The second-order valence-corrected chi connectivity index (χ2v) is 19.8. The number of hydrogen-bond acceptors (Lipinski definition) is 3. The largest absolute Gasteiger partial charge is 0.413 e. The van der Waals surface area contributed by atoms with Crippen LogP contribution in [-0.4, -0.2) is 28.8 Å². The van der Waals surface area contributed by atoms with Crippen LogP contribution in [0.5, 0.6) is 0 Å². The minimum absolute atomic E-state index is 0.00795. The summed E-state index contributed by atoms with van der Waals surface area (Å²) >= 11 is 0. The molecular formula is C36H58O3Si2. The summed E-state index contributed by atoms with van der Waals surface area (Å²) in [5.41, 5.74) is 5.18. The van der Waals surface area contributed by atoms with Gasteiger partial charge in [0, 0.05) is 11.1 Å². The van der Waals surface area contributed by atoms with Crippen molar-refractivity contribution in [3.8, 4) is 11.8 Å². The minimum Gasteiger partial charge on any atom is -0.413 e.